The lowest BCUT2D eigenvalue weighted by Crippen LogP contribution is -2.33. The molecule has 0 bridgehead atoms. The molecule has 1 aromatic heterocycles. The maximum atomic E-state index is 12.7. The molecule has 5 heteroatoms. The number of rotatable bonds is 5. The van der Waals surface area contributed by atoms with Crippen molar-refractivity contribution in [1.29, 1.82) is 0 Å². The van der Waals surface area contributed by atoms with E-state index in [0.717, 1.165) is 37.1 Å². The van der Waals surface area contributed by atoms with Crippen LogP contribution in [0.1, 0.15) is 60.1 Å². The maximum absolute atomic E-state index is 12.7. The van der Waals surface area contributed by atoms with Gasteiger partial charge >= 0.3 is 0 Å². The summed E-state index contributed by atoms with van der Waals surface area (Å²) in [4.78, 5) is 15.2. The van der Waals surface area contributed by atoms with Crippen LogP contribution >= 0.6 is 0 Å². The van der Waals surface area contributed by atoms with Crippen molar-refractivity contribution in [2.24, 2.45) is 13.0 Å². The lowest BCUT2D eigenvalue weighted by molar-refractivity contribution is 0.102. The Morgan fingerprint density at radius 3 is 2.88 bits per heavy atom. The lowest BCUT2D eigenvalue weighted by atomic mass is 9.99. The van der Waals surface area contributed by atoms with E-state index in [-0.39, 0.29) is 5.91 Å². The predicted octanol–water partition coefficient (Wildman–Crippen LogP) is 3.78. The highest BCUT2D eigenvalue weighted by Crippen LogP contribution is 2.39. The van der Waals surface area contributed by atoms with Gasteiger partial charge in [0.2, 0.25) is 0 Å². The van der Waals surface area contributed by atoms with Crippen molar-refractivity contribution in [3.05, 3.63) is 47.2 Å². The van der Waals surface area contributed by atoms with Crippen LogP contribution in [-0.4, -0.2) is 33.7 Å². The molecule has 1 aliphatic carbocycles. The second-order valence-corrected chi connectivity index (χ2v) is 7.99. The minimum absolute atomic E-state index is 0.0655. The molecule has 2 fully saturated rings. The number of amides is 1. The van der Waals surface area contributed by atoms with Crippen molar-refractivity contribution in [3.8, 4) is 0 Å². The molecule has 4 rings (SSSR count). The van der Waals surface area contributed by atoms with Gasteiger partial charge < -0.3 is 5.32 Å². The Hall–Kier alpha value is -2.14. The average Bonchev–Trinajstić information content (AvgIpc) is 3.40. The first-order chi connectivity index (χ1) is 12.6. The van der Waals surface area contributed by atoms with Crippen molar-refractivity contribution < 1.29 is 4.79 Å². The van der Waals surface area contributed by atoms with Crippen molar-refractivity contribution in [2.75, 3.05) is 18.4 Å². The van der Waals surface area contributed by atoms with E-state index in [1.807, 2.05) is 31.3 Å². The zero-order valence-corrected chi connectivity index (χ0v) is 15.7. The summed E-state index contributed by atoms with van der Waals surface area (Å²) in [6.07, 6.45) is 5.01. The van der Waals surface area contributed by atoms with Crippen LogP contribution < -0.4 is 5.32 Å². The van der Waals surface area contributed by atoms with Crippen LogP contribution in [-0.2, 0) is 13.6 Å². The van der Waals surface area contributed by atoms with Crippen molar-refractivity contribution in [1.82, 2.24) is 14.7 Å². The summed E-state index contributed by atoms with van der Waals surface area (Å²) in [5.41, 5.74) is 3.01. The monoisotopic (exact) mass is 352 g/mol. The van der Waals surface area contributed by atoms with Crippen molar-refractivity contribution in [3.63, 3.8) is 0 Å². The topological polar surface area (TPSA) is 50.2 Å². The number of carbonyl (C=O) groups is 1. The number of aryl methyl sites for hydroxylation is 1. The van der Waals surface area contributed by atoms with Gasteiger partial charge in [0.1, 0.15) is 5.82 Å². The van der Waals surface area contributed by atoms with E-state index >= 15 is 0 Å². The van der Waals surface area contributed by atoms with E-state index in [4.69, 9.17) is 0 Å². The summed E-state index contributed by atoms with van der Waals surface area (Å²) >= 11 is 0. The maximum Gasteiger partial charge on any atom is 0.256 e. The van der Waals surface area contributed by atoms with Gasteiger partial charge in [0.15, 0.2) is 0 Å². The minimum Gasteiger partial charge on any atom is -0.307 e. The fourth-order valence-corrected chi connectivity index (χ4v) is 3.87. The summed E-state index contributed by atoms with van der Waals surface area (Å²) < 4.78 is 1.77. The van der Waals surface area contributed by atoms with Crippen LogP contribution in [0.15, 0.2) is 30.3 Å². The molecule has 1 amide bonds. The van der Waals surface area contributed by atoms with Crippen molar-refractivity contribution >= 4 is 11.7 Å². The minimum atomic E-state index is -0.0655. The van der Waals surface area contributed by atoms with Gasteiger partial charge in [-0.1, -0.05) is 19.1 Å². The number of likely N-dealkylation sites (tertiary alicyclic amines) is 1. The average molecular weight is 352 g/mol. The predicted molar refractivity (Wildman–Crippen MR) is 103 cm³/mol. The molecule has 0 unspecified atom stereocenters. The molecule has 1 saturated heterocycles. The fraction of sp³-hybridized carbons (Fsp3) is 0.524. The van der Waals surface area contributed by atoms with Crippen LogP contribution in [0, 0.1) is 5.92 Å². The van der Waals surface area contributed by atoms with Crippen LogP contribution in [0.5, 0.6) is 0 Å². The second-order valence-electron chi connectivity index (χ2n) is 7.99. The zero-order valence-electron chi connectivity index (χ0n) is 15.7. The molecule has 0 spiro atoms. The number of benzene rings is 1. The third-order valence-corrected chi connectivity index (χ3v) is 5.47. The molecule has 2 aliphatic rings. The molecule has 1 atom stereocenters. The van der Waals surface area contributed by atoms with Gasteiger partial charge in [-0.05, 0) is 55.8 Å². The largest absolute Gasteiger partial charge is 0.307 e. The van der Waals surface area contributed by atoms with Crippen LogP contribution in [0.3, 0.4) is 0 Å². The molecule has 1 N–H and O–H groups in total. The molecule has 2 aromatic rings. The Balaban J connectivity index is 1.43. The highest BCUT2D eigenvalue weighted by atomic mass is 16.1. The molecule has 0 radical (unpaired) electrons. The lowest BCUT2D eigenvalue weighted by Gasteiger charge is -2.30. The first kappa shape index (κ1) is 17.3. The number of hydrogen-bond donors (Lipinski definition) is 1. The Morgan fingerprint density at radius 2 is 2.12 bits per heavy atom. The number of nitrogens with one attached hydrogen (secondary N) is 1. The van der Waals surface area contributed by atoms with E-state index in [9.17, 15) is 4.79 Å². The standard InChI is InChI=1S/C21H28N4O/c1-15-5-4-10-25(13-15)14-16-6-3-7-18(11-16)21(26)22-20-12-19(17-8-9-17)23-24(20)2/h3,6-7,11-12,15,17H,4-5,8-10,13-14H2,1-2H3,(H,22,26)/t15-/m1/s1. The summed E-state index contributed by atoms with van der Waals surface area (Å²) in [7, 11) is 1.88. The summed E-state index contributed by atoms with van der Waals surface area (Å²) in [5.74, 6) is 2.05. The highest BCUT2D eigenvalue weighted by molar-refractivity contribution is 6.03. The van der Waals surface area contributed by atoms with Crippen LogP contribution in [0.25, 0.3) is 0 Å². The van der Waals surface area contributed by atoms with Gasteiger partial charge in [-0.25, -0.2) is 0 Å². The van der Waals surface area contributed by atoms with Gasteiger partial charge in [-0.2, -0.15) is 5.10 Å². The third kappa shape index (κ3) is 3.98. The van der Waals surface area contributed by atoms with E-state index in [2.05, 4.69) is 28.3 Å². The van der Waals surface area contributed by atoms with E-state index < -0.39 is 0 Å². The first-order valence-electron chi connectivity index (χ1n) is 9.75. The third-order valence-electron chi connectivity index (χ3n) is 5.47. The van der Waals surface area contributed by atoms with E-state index in [0.29, 0.717) is 11.5 Å². The SMILES string of the molecule is C[C@@H]1CCCN(Cc2cccc(C(=O)Nc3cc(C4CC4)nn3C)c2)C1. The van der Waals surface area contributed by atoms with Gasteiger partial charge in [0.05, 0.1) is 5.69 Å². The van der Waals surface area contributed by atoms with Gasteiger partial charge in [-0.15, -0.1) is 0 Å². The number of nitrogens with zero attached hydrogens (tertiary/aromatic N) is 3. The highest BCUT2D eigenvalue weighted by Gasteiger charge is 2.27. The molecule has 138 valence electrons. The molecular formula is C21H28N4O. The van der Waals surface area contributed by atoms with Crippen LogP contribution in [0.2, 0.25) is 0 Å². The molecule has 26 heavy (non-hydrogen) atoms. The Bertz CT molecular complexity index is 793. The van der Waals surface area contributed by atoms with Gasteiger partial charge in [-0.3, -0.25) is 14.4 Å². The smallest absolute Gasteiger partial charge is 0.256 e. The Kier molecular flexibility index (Phi) is 4.81. The Labute approximate surface area is 155 Å². The van der Waals surface area contributed by atoms with Gasteiger partial charge in [0.25, 0.3) is 5.91 Å². The molecular weight excluding hydrogens is 324 g/mol. The molecule has 1 saturated carbocycles. The van der Waals surface area contributed by atoms with E-state index in [1.54, 1.807) is 4.68 Å². The van der Waals surface area contributed by atoms with Crippen LogP contribution in [0.4, 0.5) is 5.82 Å². The first-order valence-corrected chi connectivity index (χ1v) is 9.75. The normalized spacial score (nSPS) is 20.9. The molecule has 2 heterocycles. The quantitative estimate of drug-likeness (QED) is 0.891. The zero-order chi connectivity index (χ0) is 18.1. The number of piperidine rings is 1. The van der Waals surface area contributed by atoms with Crippen molar-refractivity contribution in [2.45, 2.75) is 45.1 Å². The second kappa shape index (κ2) is 7.23. The fourth-order valence-electron chi connectivity index (χ4n) is 3.87. The number of anilines is 1. The molecule has 1 aromatic carbocycles. The number of carbonyl (C=O) groups excluding carboxylic acids is 1. The molecule has 5 nitrogen and oxygen atoms in total. The summed E-state index contributed by atoms with van der Waals surface area (Å²) in [6, 6.07) is 10.0. The Morgan fingerprint density at radius 1 is 1.27 bits per heavy atom. The van der Waals surface area contributed by atoms with E-state index in [1.165, 1.54) is 31.2 Å². The number of hydrogen-bond acceptors (Lipinski definition) is 3. The van der Waals surface area contributed by atoms with Gasteiger partial charge in [0, 0.05) is 37.7 Å². The summed E-state index contributed by atoms with van der Waals surface area (Å²) in [5, 5.41) is 7.53. The molecule has 1 aliphatic heterocycles. The number of aromatic nitrogens is 2. The summed E-state index contributed by atoms with van der Waals surface area (Å²) in [6.45, 7) is 5.54.